The standard InChI is InChI=1S/C31H40N2O3/c1-4-31(35)18-14-27-25-11-10-23-20-24(12-16-29(23,2)26(25)13-17-30(27,31)3)33-36-21-28(34)32-19-15-22-8-6-5-7-9-22/h1,5-9,20,25-27,35H,10-19,21H2,2-3H3,(H,32,34)/b33-24+/t25-,26?,27?,29+,30+,31-/m1/s1. The lowest BCUT2D eigenvalue weighted by molar-refractivity contribution is -0.125. The first kappa shape index (κ1) is 25.1. The summed E-state index contributed by atoms with van der Waals surface area (Å²) >= 11 is 0. The highest BCUT2D eigenvalue weighted by Gasteiger charge is 2.63. The quantitative estimate of drug-likeness (QED) is 0.435. The van der Waals surface area contributed by atoms with E-state index in [0.29, 0.717) is 24.3 Å². The third-order valence-electron chi connectivity index (χ3n) is 10.3. The Bertz CT molecular complexity index is 1090. The Labute approximate surface area is 215 Å². The van der Waals surface area contributed by atoms with E-state index in [1.807, 2.05) is 18.2 Å². The molecule has 5 heteroatoms. The van der Waals surface area contributed by atoms with Gasteiger partial charge in [-0.1, -0.05) is 60.8 Å². The second-order valence-corrected chi connectivity index (χ2v) is 11.9. The molecule has 0 heterocycles. The van der Waals surface area contributed by atoms with Crippen LogP contribution in [0.1, 0.15) is 70.8 Å². The topological polar surface area (TPSA) is 70.9 Å². The summed E-state index contributed by atoms with van der Waals surface area (Å²) in [5.74, 6) is 4.41. The Hall–Kier alpha value is -2.58. The predicted molar refractivity (Wildman–Crippen MR) is 142 cm³/mol. The van der Waals surface area contributed by atoms with Gasteiger partial charge < -0.3 is 15.3 Å². The minimum absolute atomic E-state index is 0.0538. The smallest absolute Gasteiger partial charge is 0.260 e. The summed E-state index contributed by atoms with van der Waals surface area (Å²) in [4.78, 5) is 17.6. The van der Waals surface area contributed by atoms with E-state index < -0.39 is 5.60 Å². The van der Waals surface area contributed by atoms with Gasteiger partial charge >= 0.3 is 0 Å². The maximum Gasteiger partial charge on any atom is 0.260 e. The third kappa shape index (κ3) is 4.28. The molecule has 5 nitrogen and oxygen atoms in total. The summed E-state index contributed by atoms with van der Waals surface area (Å²) in [5, 5.41) is 18.4. The second-order valence-electron chi connectivity index (χ2n) is 11.9. The number of nitrogens with zero attached hydrogens (tertiary/aromatic N) is 1. The highest BCUT2D eigenvalue weighted by Crippen LogP contribution is 2.67. The minimum Gasteiger partial charge on any atom is -0.385 e. The number of carbonyl (C=O) groups excluding carboxylic acids is 1. The maximum absolute atomic E-state index is 12.1. The fourth-order valence-electron chi connectivity index (χ4n) is 8.11. The average molecular weight is 489 g/mol. The van der Waals surface area contributed by atoms with Gasteiger partial charge in [-0.2, -0.15) is 0 Å². The van der Waals surface area contributed by atoms with E-state index >= 15 is 0 Å². The first-order chi connectivity index (χ1) is 17.3. The number of amides is 1. The monoisotopic (exact) mass is 488 g/mol. The van der Waals surface area contributed by atoms with Crippen LogP contribution in [-0.2, 0) is 16.1 Å². The van der Waals surface area contributed by atoms with Gasteiger partial charge in [0.15, 0.2) is 6.61 Å². The molecule has 1 aromatic carbocycles. The van der Waals surface area contributed by atoms with E-state index in [1.54, 1.807) is 0 Å². The highest BCUT2D eigenvalue weighted by molar-refractivity contribution is 5.96. The van der Waals surface area contributed by atoms with Crippen molar-refractivity contribution in [2.24, 2.45) is 33.7 Å². The zero-order valence-electron chi connectivity index (χ0n) is 21.8. The van der Waals surface area contributed by atoms with Crippen molar-refractivity contribution in [2.75, 3.05) is 13.2 Å². The van der Waals surface area contributed by atoms with Crippen LogP contribution in [0.5, 0.6) is 0 Å². The molecule has 0 radical (unpaired) electrons. The van der Waals surface area contributed by atoms with Crippen LogP contribution in [0.2, 0.25) is 0 Å². The molecule has 192 valence electrons. The molecule has 1 aromatic rings. The number of oxime groups is 1. The molecule has 6 atom stereocenters. The summed E-state index contributed by atoms with van der Waals surface area (Å²) < 4.78 is 0. The predicted octanol–water partition coefficient (Wildman–Crippen LogP) is 5.05. The number of hydrogen-bond donors (Lipinski definition) is 2. The lowest BCUT2D eigenvalue weighted by Crippen LogP contribution is -2.54. The molecular formula is C31H40N2O3. The van der Waals surface area contributed by atoms with Gasteiger partial charge in [0, 0.05) is 12.0 Å². The molecule has 0 spiro atoms. The van der Waals surface area contributed by atoms with E-state index in [1.165, 1.54) is 11.1 Å². The Balaban J connectivity index is 1.17. The molecule has 0 saturated heterocycles. The summed E-state index contributed by atoms with van der Waals surface area (Å²) in [6.07, 6.45) is 16.9. The van der Waals surface area contributed by atoms with Crippen molar-refractivity contribution in [3.05, 3.63) is 47.5 Å². The third-order valence-corrected chi connectivity index (χ3v) is 10.3. The van der Waals surface area contributed by atoms with Crippen molar-refractivity contribution in [2.45, 2.75) is 77.2 Å². The van der Waals surface area contributed by atoms with Crippen LogP contribution >= 0.6 is 0 Å². The van der Waals surface area contributed by atoms with E-state index in [2.05, 4.69) is 48.4 Å². The number of carbonyl (C=O) groups is 1. The molecule has 5 rings (SSSR count). The van der Waals surface area contributed by atoms with Crippen LogP contribution in [-0.4, -0.2) is 35.5 Å². The van der Waals surface area contributed by atoms with Crippen LogP contribution < -0.4 is 5.32 Å². The number of nitrogens with one attached hydrogen (secondary N) is 1. The average Bonchev–Trinajstić information content (AvgIpc) is 3.16. The number of benzene rings is 1. The Morgan fingerprint density at radius 2 is 1.92 bits per heavy atom. The van der Waals surface area contributed by atoms with Gasteiger partial charge in [-0.25, -0.2) is 0 Å². The van der Waals surface area contributed by atoms with Crippen molar-refractivity contribution >= 4 is 11.6 Å². The first-order valence-electron chi connectivity index (χ1n) is 13.7. The Morgan fingerprint density at radius 1 is 1.14 bits per heavy atom. The number of hydrogen-bond acceptors (Lipinski definition) is 4. The summed E-state index contributed by atoms with van der Waals surface area (Å²) in [7, 11) is 0. The normalized spacial score (nSPS) is 38.2. The first-order valence-corrected chi connectivity index (χ1v) is 13.7. The fourth-order valence-corrected chi connectivity index (χ4v) is 8.11. The lowest BCUT2D eigenvalue weighted by atomic mass is 9.46. The maximum atomic E-state index is 12.1. The molecule has 0 bridgehead atoms. The molecule has 4 aliphatic carbocycles. The zero-order chi connectivity index (χ0) is 25.4. The Kier molecular flexibility index (Phi) is 6.76. The zero-order valence-corrected chi connectivity index (χ0v) is 21.8. The lowest BCUT2D eigenvalue weighted by Gasteiger charge is -2.58. The molecule has 2 N–H and O–H groups in total. The molecule has 1 amide bonds. The van der Waals surface area contributed by atoms with E-state index in [0.717, 1.165) is 63.5 Å². The number of rotatable bonds is 6. The second kappa shape index (κ2) is 9.71. The van der Waals surface area contributed by atoms with Crippen LogP contribution in [0, 0.1) is 40.9 Å². The number of aliphatic hydroxyl groups is 1. The summed E-state index contributed by atoms with van der Waals surface area (Å²) in [6, 6.07) is 10.1. The molecule has 3 saturated carbocycles. The van der Waals surface area contributed by atoms with Crippen LogP contribution in [0.3, 0.4) is 0 Å². The molecule has 4 aliphatic rings. The van der Waals surface area contributed by atoms with Crippen molar-refractivity contribution in [1.82, 2.24) is 5.32 Å². The minimum atomic E-state index is -0.947. The SMILES string of the molecule is C#C[C@@]1(O)CCC2[C@@H]3CCC4=C/C(=N/OCC(=O)NCCc5ccccc5)CC[C@]4(C)C3CC[C@@]21C. The molecule has 0 aliphatic heterocycles. The van der Waals surface area contributed by atoms with Crippen molar-refractivity contribution in [3.63, 3.8) is 0 Å². The molecule has 36 heavy (non-hydrogen) atoms. The summed E-state index contributed by atoms with van der Waals surface area (Å²) in [6.45, 7) is 5.22. The molecule has 0 aromatic heterocycles. The Morgan fingerprint density at radius 3 is 2.69 bits per heavy atom. The van der Waals surface area contributed by atoms with Crippen LogP contribution in [0.4, 0.5) is 0 Å². The van der Waals surface area contributed by atoms with Gasteiger partial charge in [-0.05, 0) is 92.6 Å². The summed E-state index contributed by atoms with van der Waals surface area (Å²) in [5.41, 5.74) is 2.70. The van der Waals surface area contributed by atoms with Crippen LogP contribution in [0.15, 0.2) is 47.1 Å². The van der Waals surface area contributed by atoms with E-state index in [9.17, 15) is 9.90 Å². The van der Waals surface area contributed by atoms with Gasteiger partial charge in [-0.15, -0.1) is 6.42 Å². The number of fused-ring (bicyclic) bond motifs is 5. The van der Waals surface area contributed by atoms with Gasteiger partial charge in [0.1, 0.15) is 5.60 Å². The van der Waals surface area contributed by atoms with Gasteiger partial charge in [0.2, 0.25) is 0 Å². The molecule has 3 fully saturated rings. The van der Waals surface area contributed by atoms with E-state index in [4.69, 9.17) is 11.3 Å². The number of terminal acetylenes is 1. The largest absolute Gasteiger partial charge is 0.385 e. The van der Waals surface area contributed by atoms with Gasteiger partial charge in [-0.3, -0.25) is 4.79 Å². The molecular weight excluding hydrogens is 448 g/mol. The molecule has 2 unspecified atom stereocenters. The fraction of sp³-hybridized carbons (Fsp3) is 0.613. The van der Waals surface area contributed by atoms with Gasteiger partial charge in [0.05, 0.1) is 5.71 Å². The van der Waals surface area contributed by atoms with Crippen molar-refractivity contribution in [1.29, 1.82) is 0 Å². The van der Waals surface area contributed by atoms with Crippen LogP contribution in [0.25, 0.3) is 0 Å². The van der Waals surface area contributed by atoms with Gasteiger partial charge in [0.25, 0.3) is 5.91 Å². The number of allylic oxidation sites excluding steroid dienone is 2. The van der Waals surface area contributed by atoms with E-state index in [-0.39, 0.29) is 23.3 Å². The van der Waals surface area contributed by atoms with Crippen molar-refractivity contribution in [3.8, 4) is 12.3 Å². The van der Waals surface area contributed by atoms with Crippen molar-refractivity contribution < 1.29 is 14.7 Å². The highest BCUT2D eigenvalue weighted by atomic mass is 16.6.